The smallest absolute Gasteiger partial charge is 0.274 e. The van der Waals surface area contributed by atoms with Crippen LogP contribution in [0.4, 0.5) is 17.1 Å². The number of methoxy groups -OCH3 is 2. The van der Waals surface area contributed by atoms with Gasteiger partial charge in [-0.2, -0.15) is 0 Å². The Morgan fingerprint density at radius 3 is 2.33 bits per heavy atom. The Bertz CT molecular complexity index is 940. The summed E-state index contributed by atoms with van der Waals surface area (Å²) in [7, 11) is 3.18. The number of hydrogen-bond acceptors (Lipinski definition) is 5. The largest absolute Gasteiger partial charge is 0.493 e. The highest BCUT2D eigenvalue weighted by Gasteiger charge is 2.09. The van der Waals surface area contributed by atoms with E-state index in [0.717, 1.165) is 22.6 Å². The maximum Gasteiger partial charge on any atom is 0.274 e. The third-order valence-corrected chi connectivity index (χ3v) is 4.06. The van der Waals surface area contributed by atoms with Gasteiger partial charge in [-0.1, -0.05) is 18.2 Å². The van der Waals surface area contributed by atoms with Gasteiger partial charge in [0.25, 0.3) is 5.91 Å². The zero-order chi connectivity index (χ0) is 19.2. The van der Waals surface area contributed by atoms with Crippen molar-refractivity contribution in [2.75, 3.05) is 24.9 Å². The minimum absolute atomic E-state index is 0.248. The molecule has 3 rings (SSSR count). The van der Waals surface area contributed by atoms with Crippen LogP contribution in [-0.4, -0.2) is 25.1 Å². The zero-order valence-electron chi connectivity index (χ0n) is 15.4. The van der Waals surface area contributed by atoms with Gasteiger partial charge in [0, 0.05) is 17.4 Å². The molecule has 0 saturated carbocycles. The van der Waals surface area contributed by atoms with Crippen molar-refractivity contribution in [3.63, 3.8) is 0 Å². The Morgan fingerprint density at radius 2 is 1.67 bits per heavy atom. The van der Waals surface area contributed by atoms with Crippen LogP contribution in [0, 0.1) is 6.92 Å². The molecule has 1 aromatic heterocycles. The number of pyridine rings is 1. The third-order valence-electron chi connectivity index (χ3n) is 4.06. The van der Waals surface area contributed by atoms with Crippen LogP contribution in [0.25, 0.3) is 0 Å². The van der Waals surface area contributed by atoms with E-state index in [1.807, 2.05) is 49.4 Å². The molecule has 0 spiro atoms. The van der Waals surface area contributed by atoms with Crippen molar-refractivity contribution in [2.24, 2.45) is 0 Å². The molecular formula is C21H21N3O3. The number of amides is 1. The average molecular weight is 363 g/mol. The zero-order valence-corrected chi connectivity index (χ0v) is 15.4. The number of aryl methyl sites for hydroxylation is 1. The van der Waals surface area contributed by atoms with Crippen LogP contribution in [0.15, 0.2) is 60.8 Å². The Hall–Kier alpha value is -3.54. The molecule has 0 bridgehead atoms. The summed E-state index contributed by atoms with van der Waals surface area (Å²) in [6, 6.07) is 16.6. The highest BCUT2D eigenvalue weighted by atomic mass is 16.5. The van der Waals surface area contributed by atoms with Crippen LogP contribution >= 0.6 is 0 Å². The number of benzene rings is 2. The van der Waals surface area contributed by atoms with Gasteiger partial charge in [-0.15, -0.1) is 0 Å². The molecule has 0 aliphatic carbocycles. The first-order valence-corrected chi connectivity index (χ1v) is 8.43. The summed E-state index contributed by atoms with van der Waals surface area (Å²) in [5.74, 6) is 1.04. The highest BCUT2D eigenvalue weighted by Crippen LogP contribution is 2.31. The van der Waals surface area contributed by atoms with E-state index in [1.165, 1.54) is 0 Å². The second-order valence-electron chi connectivity index (χ2n) is 5.90. The molecule has 0 fully saturated rings. The van der Waals surface area contributed by atoms with Crippen molar-refractivity contribution in [1.82, 2.24) is 4.98 Å². The van der Waals surface area contributed by atoms with Gasteiger partial charge >= 0.3 is 0 Å². The van der Waals surface area contributed by atoms with Crippen LogP contribution in [0.1, 0.15) is 16.1 Å². The standard InChI is InChI=1S/C21H21N3O3/c1-14-6-4-5-7-17(14)24-21(25)18-10-8-16(13-22-18)23-15-9-11-19(26-2)20(12-15)27-3/h4-13,23H,1-3H3,(H,24,25). The maximum atomic E-state index is 12.4. The fourth-order valence-corrected chi connectivity index (χ4v) is 2.58. The van der Waals surface area contributed by atoms with Crippen molar-refractivity contribution in [1.29, 1.82) is 0 Å². The Kier molecular flexibility index (Phi) is 5.56. The van der Waals surface area contributed by atoms with Gasteiger partial charge in [0.05, 0.1) is 26.1 Å². The summed E-state index contributed by atoms with van der Waals surface area (Å²) >= 11 is 0. The van der Waals surface area contributed by atoms with E-state index in [2.05, 4.69) is 15.6 Å². The number of para-hydroxylation sites is 1. The van der Waals surface area contributed by atoms with Crippen molar-refractivity contribution >= 4 is 23.0 Å². The second-order valence-corrected chi connectivity index (χ2v) is 5.90. The van der Waals surface area contributed by atoms with E-state index in [4.69, 9.17) is 9.47 Å². The number of ether oxygens (including phenoxy) is 2. The second kappa shape index (κ2) is 8.23. The number of aromatic nitrogens is 1. The lowest BCUT2D eigenvalue weighted by Gasteiger charge is -2.11. The third kappa shape index (κ3) is 4.36. The van der Waals surface area contributed by atoms with Crippen molar-refractivity contribution < 1.29 is 14.3 Å². The predicted molar refractivity (Wildman–Crippen MR) is 106 cm³/mol. The number of carbonyl (C=O) groups excluding carboxylic acids is 1. The molecule has 0 aliphatic heterocycles. The van der Waals surface area contributed by atoms with E-state index in [1.54, 1.807) is 32.5 Å². The average Bonchev–Trinajstić information content (AvgIpc) is 2.70. The van der Waals surface area contributed by atoms with Gasteiger partial charge in [-0.3, -0.25) is 4.79 Å². The number of anilines is 3. The molecule has 0 radical (unpaired) electrons. The molecule has 1 heterocycles. The van der Waals surface area contributed by atoms with Gasteiger partial charge in [0.15, 0.2) is 11.5 Å². The topological polar surface area (TPSA) is 72.5 Å². The molecule has 2 N–H and O–H groups in total. The molecule has 2 aromatic carbocycles. The molecule has 27 heavy (non-hydrogen) atoms. The molecular weight excluding hydrogens is 342 g/mol. The summed E-state index contributed by atoms with van der Waals surface area (Å²) in [5, 5.41) is 6.10. The minimum atomic E-state index is -0.248. The first-order valence-electron chi connectivity index (χ1n) is 8.43. The number of nitrogens with one attached hydrogen (secondary N) is 2. The molecule has 0 saturated heterocycles. The van der Waals surface area contributed by atoms with Gasteiger partial charge in [-0.05, 0) is 42.8 Å². The summed E-state index contributed by atoms with van der Waals surface area (Å²) < 4.78 is 10.5. The normalized spacial score (nSPS) is 10.2. The summed E-state index contributed by atoms with van der Waals surface area (Å²) in [6.07, 6.45) is 1.61. The van der Waals surface area contributed by atoms with Crippen LogP contribution in [0.2, 0.25) is 0 Å². The molecule has 0 aliphatic rings. The van der Waals surface area contributed by atoms with E-state index in [-0.39, 0.29) is 5.91 Å². The summed E-state index contributed by atoms with van der Waals surface area (Å²) in [5.41, 5.74) is 3.70. The molecule has 6 nitrogen and oxygen atoms in total. The quantitative estimate of drug-likeness (QED) is 0.679. The Morgan fingerprint density at radius 1 is 0.926 bits per heavy atom. The van der Waals surface area contributed by atoms with Crippen molar-refractivity contribution in [2.45, 2.75) is 6.92 Å². The van der Waals surface area contributed by atoms with Crippen molar-refractivity contribution in [3.8, 4) is 11.5 Å². The molecule has 6 heteroatoms. The van der Waals surface area contributed by atoms with E-state index < -0.39 is 0 Å². The van der Waals surface area contributed by atoms with E-state index in [9.17, 15) is 4.79 Å². The van der Waals surface area contributed by atoms with Crippen molar-refractivity contribution in [3.05, 3.63) is 72.1 Å². The van der Waals surface area contributed by atoms with E-state index >= 15 is 0 Å². The van der Waals surface area contributed by atoms with Crippen LogP contribution < -0.4 is 20.1 Å². The Balaban J connectivity index is 1.70. The summed E-state index contributed by atoms with van der Waals surface area (Å²) in [4.78, 5) is 16.6. The minimum Gasteiger partial charge on any atom is -0.493 e. The van der Waals surface area contributed by atoms with Crippen LogP contribution in [0.5, 0.6) is 11.5 Å². The molecule has 0 atom stereocenters. The molecule has 3 aromatic rings. The number of carbonyl (C=O) groups is 1. The lowest BCUT2D eigenvalue weighted by Crippen LogP contribution is -2.14. The molecule has 0 unspecified atom stereocenters. The highest BCUT2D eigenvalue weighted by molar-refractivity contribution is 6.03. The number of nitrogens with zero attached hydrogens (tertiary/aromatic N) is 1. The monoisotopic (exact) mass is 363 g/mol. The first-order chi connectivity index (χ1) is 13.1. The first kappa shape index (κ1) is 18.3. The van der Waals surface area contributed by atoms with Crippen LogP contribution in [0.3, 0.4) is 0 Å². The Labute approximate surface area is 158 Å². The van der Waals surface area contributed by atoms with Crippen LogP contribution in [-0.2, 0) is 0 Å². The van der Waals surface area contributed by atoms with E-state index in [0.29, 0.717) is 17.2 Å². The molecule has 138 valence electrons. The van der Waals surface area contributed by atoms with Gasteiger partial charge in [0.2, 0.25) is 0 Å². The predicted octanol–water partition coefficient (Wildman–Crippen LogP) is 4.40. The van der Waals surface area contributed by atoms with Gasteiger partial charge in [-0.25, -0.2) is 4.98 Å². The molecule has 1 amide bonds. The summed E-state index contributed by atoms with van der Waals surface area (Å²) in [6.45, 7) is 1.94. The number of rotatable bonds is 6. The fourth-order valence-electron chi connectivity index (χ4n) is 2.58. The van der Waals surface area contributed by atoms with Gasteiger partial charge < -0.3 is 20.1 Å². The number of hydrogen-bond donors (Lipinski definition) is 2. The SMILES string of the molecule is COc1ccc(Nc2ccc(C(=O)Nc3ccccc3C)nc2)cc1OC. The fraction of sp³-hybridized carbons (Fsp3) is 0.143. The lowest BCUT2D eigenvalue weighted by atomic mass is 10.2. The van der Waals surface area contributed by atoms with Gasteiger partial charge in [0.1, 0.15) is 5.69 Å². The lowest BCUT2D eigenvalue weighted by molar-refractivity contribution is 0.102. The maximum absolute atomic E-state index is 12.4.